The van der Waals surface area contributed by atoms with Crippen molar-refractivity contribution in [2.45, 2.75) is 18.4 Å². The Bertz CT molecular complexity index is 891. The highest BCUT2D eigenvalue weighted by Crippen LogP contribution is 2.35. The van der Waals surface area contributed by atoms with Crippen LogP contribution in [0.5, 0.6) is 0 Å². The van der Waals surface area contributed by atoms with Crippen molar-refractivity contribution in [3.05, 3.63) is 80.8 Å². The van der Waals surface area contributed by atoms with Gasteiger partial charge in [0.1, 0.15) is 0 Å². The van der Waals surface area contributed by atoms with Crippen LogP contribution in [-0.2, 0) is 9.53 Å². The highest BCUT2D eigenvalue weighted by atomic mass is 35.5. The summed E-state index contributed by atoms with van der Waals surface area (Å²) in [5.74, 6) is -1.24. The minimum atomic E-state index is -0.438. The molecule has 28 heavy (non-hydrogen) atoms. The van der Waals surface area contributed by atoms with E-state index in [-0.39, 0.29) is 33.5 Å². The number of carbonyl (C=O) groups is 2. The molecule has 2 aromatic rings. The molecule has 3 atom stereocenters. The molecule has 7 heteroatoms. The van der Waals surface area contributed by atoms with Crippen LogP contribution in [-0.4, -0.2) is 25.0 Å². The largest absolute Gasteiger partial charge is 0.469 e. The first-order valence-electron chi connectivity index (χ1n) is 8.67. The smallest absolute Gasteiger partial charge is 0.313 e. The first-order chi connectivity index (χ1) is 13.4. The predicted molar refractivity (Wildman–Crippen MR) is 111 cm³/mol. The SMILES string of the molecule is COC(=O)[C@H](c1ccccc1)[C@@H]1C=C[C@H](NC(=O)c2c(Cl)cc(Cl)cc2Cl)C1. The van der Waals surface area contributed by atoms with Gasteiger partial charge in [0.05, 0.1) is 28.6 Å². The average Bonchev–Trinajstić information content (AvgIpc) is 3.09. The van der Waals surface area contributed by atoms with Gasteiger partial charge in [-0.2, -0.15) is 0 Å². The molecule has 1 aliphatic carbocycles. The van der Waals surface area contributed by atoms with Gasteiger partial charge in [-0.3, -0.25) is 9.59 Å². The highest BCUT2D eigenvalue weighted by Gasteiger charge is 2.34. The number of ether oxygens (including phenoxy) is 1. The Morgan fingerprint density at radius 2 is 1.71 bits per heavy atom. The summed E-state index contributed by atoms with van der Waals surface area (Å²) < 4.78 is 5.00. The maximum atomic E-state index is 12.6. The van der Waals surface area contributed by atoms with Gasteiger partial charge in [0.15, 0.2) is 0 Å². The molecule has 4 nitrogen and oxygen atoms in total. The summed E-state index contributed by atoms with van der Waals surface area (Å²) in [6.45, 7) is 0. The molecule has 0 heterocycles. The fraction of sp³-hybridized carbons (Fsp3) is 0.238. The van der Waals surface area contributed by atoms with E-state index in [1.54, 1.807) is 0 Å². The van der Waals surface area contributed by atoms with E-state index in [0.717, 1.165) is 5.56 Å². The van der Waals surface area contributed by atoms with Crippen LogP contribution in [0, 0.1) is 5.92 Å². The topological polar surface area (TPSA) is 55.4 Å². The number of hydrogen-bond donors (Lipinski definition) is 1. The monoisotopic (exact) mass is 437 g/mol. The van der Waals surface area contributed by atoms with E-state index in [1.807, 2.05) is 42.5 Å². The van der Waals surface area contributed by atoms with Crippen LogP contribution < -0.4 is 5.32 Å². The number of hydrogen-bond acceptors (Lipinski definition) is 3. The minimum absolute atomic E-state index is 0.101. The number of carbonyl (C=O) groups excluding carboxylic acids is 2. The number of nitrogens with one attached hydrogen (secondary N) is 1. The van der Waals surface area contributed by atoms with Crippen molar-refractivity contribution >= 4 is 46.7 Å². The third-order valence-corrected chi connectivity index (χ3v) is 5.52. The van der Waals surface area contributed by atoms with Gasteiger partial charge in [0.25, 0.3) is 5.91 Å². The molecule has 0 saturated carbocycles. The Morgan fingerprint density at radius 3 is 2.32 bits per heavy atom. The van der Waals surface area contributed by atoms with Crippen LogP contribution in [0.25, 0.3) is 0 Å². The molecule has 0 fully saturated rings. The lowest BCUT2D eigenvalue weighted by Crippen LogP contribution is -2.34. The molecule has 0 aliphatic heterocycles. The molecule has 1 aliphatic rings. The number of allylic oxidation sites excluding steroid dienone is 1. The van der Waals surface area contributed by atoms with Crippen molar-refractivity contribution in [2.75, 3.05) is 7.11 Å². The molecule has 0 bridgehead atoms. The lowest BCUT2D eigenvalue weighted by atomic mass is 9.85. The van der Waals surface area contributed by atoms with E-state index in [9.17, 15) is 9.59 Å². The molecule has 0 radical (unpaired) electrons. The molecular formula is C21H18Cl3NO3. The van der Waals surface area contributed by atoms with E-state index < -0.39 is 11.8 Å². The van der Waals surface area contributed by atoms with E-state index in [0.29, 0.717) is 11.4 Å². The first-order valence-corrected chi connectivity index (χ1v) is 9.80. The number of amides is 1. The lowest BCUT2D eigenvalue weighted by Gasteiger charge is -2.22. The van der Waals surface area contributed by atoms with Gasteiger partial charge in [0, 0.05) is 11.1 Å². The summed E-state index contributed by atoms with van der Waals surface area (Å²) >= 11 is 18.1. The van der Waals surface area contributed by atoms with Crippen molar-refractivity contribution in [2.24, 2.45) is 5.92 Å². The average molecular weight is 439 g/mol. The van der Waals surface area contributed by atoms with Gasteiger partial charge in [-0.1, -0.05) is 77.3 Å². The number of halogens is 3. The third-order valence-electron chi connectivity index (χ3n) is 4.71. The quantitative estimate of drug-likeness (QED) is 0.510. The van der Waals surface area contributed by atoms with Crippen LogP contribution in [0.2, 0.25) is 15.1 Å². The fourth-order valence-corrected chi connectivity index (χ4v) is 4.42. The number of rotatable bonds is 5. The minimum Gasteiger partial charge on any atom is -0.469 e. The second-order valence-electron chi connectivity index (χ2n) is 6.52. The standard InChI is InChI=1S/C21H18Cl3NO3/c1-28-21(27)18(12-5-3-2-4-6-12)13-7-8-15(9-13)25-20(26)19-16(23)10-14(22)11-17(19)24/h2-8,10-11,13,15,18H,9H2,1H3,(H,25,26)/t13-,15+,18-/m1/s1. The van der Waals surface area contributed by atoms with Crippen molar-refractivity contribution < 1.29 is 14.3 Å². The summed E-state index contributed by atoms with van der Waals surface area (Å²) in [6, 6.07) is 12.1. The Morgan fingerprint density at radius 1 is 1.07 bits per heavy atom. The molecule has 1 N–H and O–H groups in total. The van der Waals surface area contributed by atoms with Crippen LogP contribution in [0.3, 0.4) is 0 Å². The summed E-state index contributed by atoms with van der Waals surface area (Å²) in [5, 5.41) is 3.63. The van der Waals surface area contributed by atoms with Crippen LogP contribution >= 0.6 is 34.8 Å². The second-order valence-corrected chi connectivity index (χ2v) is 7.77. The fourth-order valence-electron chi connectivity index (χ4n) is 3.43. The second kappa shape index (κ2) is 8.99. The summed E-state index contributed by atoms with van der Waals surface area (Å²) in [5.41, 5.74) is 1.05. The van der Waals surface area contributed by atoms with E-state index in [2.05, 4.69) is 5.32 Å². The molecule has 146 valence electrons. The Hall–Kier alpha value is -2.01. The zero-order chi connectivity index (χ0) is 20.3. The van der Waals surface area contributed by atoms with E-state index in [4.69, 9.17) is 39.5 Å². The van der Waals surface area contributed by atoms with Gasteiger partial charge >= 0.3 is 5.97 Å². The van der Waals surface area contributed by atoms with E-state index >= 15 is 0 Å². The highest BCUT2D eigenvalue weighted by molar-refractivity contribution is 6.42. The van der Waals surface area contributed by atoms with Crippen LogP contribution in [0.4, 0.5) is 0 Å². The van der Waals surface area contributed by atoms with Crippen molar-refractivity contribution in [1.82, 2.24) is 5.32 Å². The van der Waals surface area contributed by atoms with Crippen LogP contribution in [0.1, 0.15) is 28.3 Å². The molecule has 0 unspecified atom stereocenters. The molecular weight excluding hydrogens is 421 g/mol. The maximum Gasteiger partial charge on any atom is 0.313 e. The van der Waals surface area contributed by atoms with Gasteiger partial charge in [-0.05, 0) is 30.0 Å². The summed E-state index contributed by atoms with van der Waals surface area (Å²) in [4.78, 5) is 25.0. The van der Waals surface area contributed by atoms with Crippen LogP contribution in [0.15, 0.2) is 54.6 Å². The molecule has 2 aromatic carbocycles. The van der Waals surface area contributed by atoms with Gasteiger partial charge in [0.2, 0.25) is 0 Å². The van der Waals surface area contributed by atoms with Gasteiger partial charge in [-0.25, -0.2) is 0 Å². The third kappa shape index (κ3) is 4.52. The van der Waals surface area contributed by atoms with Crippen molar-refractivity contribution in [3.8, 4) is 0 Å². The van der Waals surface area contributed by atoms with Crippen molar-refractivity contribution in [3.63, 3.8) is 0 Å². The zero-order valence-electron chi connectivity index (χ0n) is 15.0. The first kappa shape index (κ1) is 20.7. The summed E-state index contributed by atoms with van der Waals surface area (Å²) in [7, 11) is 1.38. The van der Waals surface area contributed by atoms with E-state index in [1.165, 1.54) is 19.2 Å². The Labute approximate surface area is 178 Å². The number of benzene rings is 2. The molecule has 3 rings (SSSR count). The predicted octanol–water partition coefficient (Wildman–Crippen LogP) is 5.28. The summed E-state index contributed by atoms with van der Waals surface area (Å²) in [6.07, 6.45) is 4.37. The molecule has 0 spiro atoms. The molecule has 0 saturated heterocycles. The molecule has 0 aromatic heterocycles. The molecule has 1 amide bonds. The van der Waals surface area contributed by atoms with Crippen molar-refractivity contribution in [1.29, 1.82) is 0 Å². The normalized spacial score (nSPS) is 19.3. The van der Waals surface area contributed by atoms with Gasteiger partial charge in [-0.15, -0.1) is 0 Å². The number of methoxy groups -OCH3 is 1. The Balaban J connectivity index is 1.74. The number of esters is 1. The zero-order valence-corrected chi connectivity index (χ0v) is 17.3. The maximum absolute atomic E-state index is 12.6. The lowest BCUT2D eigenvalue weighted by molar-refractivity contribution is -0.143. The van der Waals surface area contributed by atoms with Gasteiger partial charge < -0.3 is 10.1 Å². The Kier molecular flexibility index (Phi) is 6.65.